The number of para-hydroxylation sites is 2. The Hall–Kier alpha value is -6.01. The van der Waals surface area contributed by atoms with E-state index >= 15 is 4.39 Å². The van der Waals surface area contributed by atoms with Crippen LogP contribution in [0.5, 0.6) is 0 Å². The van der Waals surface area contributed by atoms with E-state index in [-0.39, 0.29) is 0 Å². The van der Waals surface area contributed by atoms with Crippen LogP contribution in [0.1, 0.15) is 17.3 Å². The Morgan fingerprint density at radius 3 is 2.24 bits per heavy atom. The maximum atomic E-state index is 16.7. The molecule has 0 bridgehead atoms. The number of nitrogens with zero attached hydrogens (tertiary/aromatic N) is 4. The number of rotatable bonds is 3. The Morgan fingerprint density at radius 2 is 1.36 bits per heavy atom. The number of benzene rings is 5. The predicted octanol–water partition coefficient (Wildman–Crippen LogP) is 10.1. The van der Waals surface area contributed by atoms with Crippen molar-refractivity contribution in [2.45, 2.75) is 6.17 Å². The van der Waals surface area contributed by atoms with Crippen LogP contribution in [0, 0.1) is 0 Å². The van der Waals surface area contributed by atoms with Crippen molar-refractivity contribution in [1.29, 1.82) is 0 Å². The topological polar surface area (TPSA) is 48.3 Å². The molecule has 0 N–H and O–H groups in total. The zero-order valence-corrected chi connectivity index (χ0v) is 23.9. The van der Waals surface area contributed by atoms with Crippen molar-refractivity contribution in [3.05, 3.63) is 145 Å². The number of hydrogen-bond donors (Lipinski definition) is 0. The van der Waals surface area contributed by atoms with E-state index in [0.717, 1.165) is 76.9 Å². The summed E-state index contributed by atoms with van der Waals surface area (Å²) < 4.78 is 27.3. The smallest absolute Gasteiger partial charge is 0.150 e. The van der Waals surface area contributed by atoms with Crippen LogP contribution in [0.3, 0.4) is 0 Å². The van der Waals surface area contributed by atoms with Crippen LogP contribution >= 0.6 is 0 Å². The molecule has 0 amide bonds. The van der Waals surface area contributed by atoms with Gasteiger partial charge in [0.15, 0.2) is 6.17 Å². The quantitative estimate of drug-likeness (QED) is 0.195. The summed E-state index contributed by atoms with van der Waals surface area (Å²) in [4.78, 5) is 9.33. The summed E-state index contributed by atoms with van der Waals surface area (Å²) in [6.45, 7) is 0. The highest BCUT2D eigenvalue weighted by Gasteiger charge is 2.22. The van der Waals surface area contributed by atoms with Crippen LogP contribution in [0.2, 0.25) is 0 Å². The first-order chi connectivity index (χ1) is 22.2. The number of imidazole rings is 1. The molecule has 0 saturated heterocycles. The molecular weight excluding hydrogens is 559 g/mol. The Bertz CT molecular complexity index is 2790. The average Bonchev–Trinajstić information content (AvgIpc) is 3.82. The lowest BCUT2D eigenvalue weighted by molar-refractivity contribution is 0.402. The monoisotopic (exact) mass is 582 g/mol. The molecule has 1 unspecified atom stereocenters. The maximum absolute atomic E-state index is 16.7. The molecule has 0 fully saturated rings. The molecule has 0 aliphatic heterocycles. The Labute approximate surface area is 255 Å². The zero-order valence-electron chi connectivity index (χ0n) is 23.9. The zero-order chi connectivity index (χ0) is 29.6. The lowest BCUT2D eigenvalue weighted by atomic mass is 9.97. The fourth-order valence-electron chi connectivity index (χ4n) is 7.13. The van der Waals surface area contributed by atoms with Crippen molar-refractivity contribution in [2.75, 3.05) is 0 Å². The third-order valence-corrected chi connectivity index (χ3v) is 9.14. The van der Waals surface area contributed by atoms with E-state index in [1.807, 2.05) is 91.1 Å². The number of hydrogen-bond acceptors (Lipinski definition) is 3. The molecule has 0 saturated carbocycles. The average molecular weight is 583 g/mol. The van der Waals surface area contributed by atoms with Gasteiger partial charge in [-0.15, -0.1) is 0 Å². The maximum Gasteiger partial charge on any atom is 0.150 e. The highest BCUT2D eigenvalue weighted by Crippen LogP contribution is 2.42. The van der Waals surface area contributed by atoms with Gasteiger partial charge in [0.1, 0.15) is 22.6 Å². The van der Waals surface area contributed by atoms with E-state index in [4.69, 9.17) is 4.42 Å². The standard InChI is InChI=1S/C39H23FN4O/c40-37(23-12-14-25-26-7-1-3-9-31(26)43-20-19-42-39(43)30(25)21-23)24-13-15-29-33(22-24)44(35-11-5-6-18-41-35)32-17-16-28-27-8-2-4-10-34(27)45-38(28)36(29)32/h1-22,37H. The van der Waals surface area contributed by atoms with Crippen LogP contribution < -0.4 is 0 Å². The molecule has 5 nitrogen and oxygen atoms in total. The highest BCUT2D eigenvalue weighted by atomic mass is 19.1. The molecule has 1 atom stereocenters. The van der Waals surface area contributed by atoms with E-state index in [0.29, 0.717) is 11.1 Å². The largest absolute Gasteiger partial charge is 0.455 e. The van der Waals surface area contributed by atoms with Gasteiger partial charge < -0.3 is 4.42 Å². The third kappa shape index (κ3) is 3.36. The van der Waals surface area contributed by atoms with E-state index in [2.05, 4.69) is 49.3 Å². The molecule has 0 radical (unpaired) electrons. The summed E-state index contributed by atoms with van der Waals surface area (Å²) in [5.74, 6) is 0.764. The number of pyridine rings is 2. The van der Waals surface area contributed by atoms with Gasteiger partial charge in [-0.05, 0) is 65.0 Å². The van der Waals surface area contributed by atoms with Crippen LogP contribution in [0.4, 0.5) is 4.39 Å². The number of halogens is 1. The SMILES string of the molecule is FC(c1ccc2c3ccccc3n3ccnc3c2c1)c1ccc2c3c4oc5ccccc5c4ccc3n(-c3ccccn3)c2c1. The lowest BCUT2D eigenvalue weighted by Crippen LogP contribution is -1.99. The van der Waals surface area contributed by atoms with E-state index in [9.17, 15) is 0 Å². The van der Waals surface area contributed by atoms with Crippen LogP contribution in [-0.2, 0) is 0 Å². The third-order valence-electron chi connectivity index (χ3n) is 9.14. The second kappa shape index (κ2) is 9.00. The summed E-state index contributed by atoms with van der Waals surface area (Å²) in [5, 5.41) is 7.20. The Kier molecular flexibility index (Phi) is 4.89. The van der Waals surface area contributed by atoms with Gasteiger partial charge in [-0.2, -0.15) is 0 Å². The molecule has 5 heterocycles. The van der Waals surface area contributed by atoms with Gasteiger partial charge in [-0.1, -0.05) is 66.7 Å². The molecule has 0 spiro atoms. The molecule has 10 aromatic rings. The van der Waals surface area contributed by atoms with E-state index in [1.165, 1.54) is 0 Å². The Balaban J connectivity index is 1.21. The van der Waals surface area contributed by atoms with Crippen molar-refractivity contribution in [3.8, 4) is 5.82 Å². The van der Waals surface area contributed by atoms with E-state index < -0.39 is 6.17 Å². The summed E-state index contributed by atoms with van der Waals surface area (Å²) in [5.41, 5.74) is 6.55. The minimum atomic E-state index is -1.35. The molecule has 0 aliphatic carbocycles. The summed E-state index contributed by atoms with van der Waals surface area (Å²) in [6, 6.07) is 38.2. The van der Waals surface area contributed by atoms with Gasteiger partial charge in [0.05, 0.1) is 21.9 Å². The number of fused-ring (bicyclic) bond motifs is 13. The minimum absolute atomic E-state index is 0.572. The first-order valence-corrected chi connectivity index (χ1v) is 15.0. The van der Waals surface area contributed by atoms with Crippen LogP contribution in [-0.4, -0.2) is 18.9 Å². The molecule has 5 aromatic heterocycles. The number of aromatic nitrogens is 4. The normalized spacial score (nSPS) is 12.9. The molecular formula is C39H23FN4O. The van der Waals surface area contributed by atoms with Crippen molar-refractivity contribution in [3.63, 3.8) is 0 Å². The summed E-state index contributed by atoms with van der Waals surface area (Å²) >= 11 is 0. The van der Waals surface area contributed by atoms with Crippen LogP contribution in [0.15, 0.2) is 138 Å². The summed E-state index contributed by atoms with van der Waals surface area (Å²) in [7, 11) is 0. The minimum Gasteiger partial charge on any atom is -0.455 e. The van der Waals surface area contributed by atoms with Gasteiger partial charge in [-0.3, -0.25) is 8.97 Å². The number of alkyl halides is 1. The lowest BCUT2D eigenvalue weighted by Gasteiger charge is -2.14. The van der Waals surface area contributed by atoms with Gasteiger partial charge in [0, 0.05) is 45.5 Å². The highest BCUT2D eigenvalue weighted by molar-refractivity contribution is 6.23. The van der Waals surface area contributed by atoms with E-state index in [1.54, 1.807) is 12.4 Å². The van der Waals surface area contributed by atoms with Gasteiger partial charge >= 0.3 is 0 Å². The molecule has 10 rings (SSSR count). The van der Waals surface area contributed by atoms with Crippen molar-refractivity contribution in [2.24, 2.45) is 0 Å². The van der Waals surface area contributed by atoms with Crippen molar-refractivity contribution < 1.29 is 8.81 Å². The fourth-order valence-corrected chi connectivity index (χ4v) is 7.13. The molecule has 6 heteroatoms. The van der Waals surface area contributed by atoms with Gasteiger partial charge in [0.25, 0.3) is 0 Å². The molecule has 45 heavy (non-hydrogen) atoms. The van der Waals surface area contributed by atoms with Gasteiger partial charge in [-0.25, -0.2) is 14.4 Å². The van der Waals surface area contributed by atoms with Crippen LogP contribution in [0.25, 0.3) is 76.9 Å². The second-order valence-corrected chi connectivity index (χ2v) is 11.5. The molecule has 5 aromatic carbocycles. The predicted molar refractivity (Wildman–Crippen MR) is 179 cm³/mol. The van der Waals surface area contributed by atoms with Crippen molar-refractivity contribution >= 4 is 71.1 Å². The fraction of sp³-hybridized carbons (Fsp3) is 0.0256. The summed E-state index contributed by atoms with van der Waals surface area (Å²) in [6.07, 6.45) is 4.19. The first-order valence-electron chi connectivity index (χ1n) is 15.0. The molecule has 0 aliphatic rings. The molecule has 212 valence electrons. The Morgan fingerprint density at radius 1 is 0.578 bits per heavy atom. The number of furan rings is 1. The van der Waals surface area contributed by atoms with Gasteiger partial charge in [0.2, 0.25) is 0 Å². The first kappa shape index (κ1) is 24.4. The second-order valence-electron chi connectivity index (χ2n) is 11.5. The van der Waals surface area contributed by atoms with Crippen molar-refractivity contribution in [1.82, 2.24) is 18.9 Å².